The first-order valence-corrected chi connectivity index (χ1v) is 9.39. The highest BCUT2D eigenvalue weighted by Gasteiger charge is 2.25. The van der Waals surface area contributed by atoms with Gasteiger partial charge in [-0.05, 0) is 28.1 Å². The van der Waals surface area contributed by atoms with Crippen LogP contribution in [0.3, 0.4) is 0 Å². The van der Waals surface area contributed by atoms with E-state index < -0.39 is 0 Å². The molecule has 112 valence electrons. The van der Waals surface area contributed by atoms with Crippen LogP contribution in [-0.2, 0) is 0 Å². The van der Waals surface area contributed by atoms with E-state index in [0.717, 1.165) is 41.5 Å². The third kappa shape index (κ3) is 2.54. The molecule has 0 atom stereocenters. The van der Waals surface area contributed by atoms with E-state index in [0.29, 0.717) is 13.2 Å². The number of nitrogens with zero attached hydrogens (tertiary/aromatic N) is 1. The van der Waals surface area contributed by atoms with Crippen LogP contribution in [-0.4, -0.2) is 18.2 Å². The molecule has 1 aliphatic rings. The van der Waals surface area contributed by atoms with Crippen molar-refractivity contribution in [3.8, 4) is 32.6 Å². The minimum Gasteiger partial charge on any atom is -0.484 e. The molecule has 0 bridgehead atoms. The van der Waals surface area contributed by atoms with E-state index in [1.165, 1.54) is 0 Å². The van der Waals surface area contributed by atoms with Gasteiger partial charge >= 0.3 is 0 Å². The van der Waals surface area contributed by atoms with E-state index >= 15 is 0 Å². The number of thiazole rings is 1. The molecule has 0 radical (unpaired) electrons. The van der Waals surface area contributed by atoms with Crippen LogP contribution in [0.1, 0.15) is 0 Å². The van der Waals surface area contributed by atoms with Gasteiger partial charge in [0.25, 0.3) is 0 Å². The van der Waals surface area contributed by atoms with Crippen LogP contribution < -0.4 is 9.47 Å². The van der Waals surface area contributed by atoms with E-state index in [4.69, 9.17) is 26.1 Å². The third-order valence-electron chi connectivity index (χ3n) is 3.20. The van der Waals surface area contributed by atoms with Gasteiger partial charge in [0.15, 0.2) is 11.5 Å². The van der Waals surface area contributed by atoms with Crippen molar-refractivity contribution < 1.29 is 9.47 Å². The van der Waals surface area contributed by atoms with Crippen LogP contribution in [0.5, 0.6) is 11.5 Å². The van der Waals surface area contributed by atoms with Crippen LogP contribution >= 0.6 is 50.2 Å². The number of benzene rings is 1. The predicted octanol–water partition coefficient (Wildman–Crippen LogP) is 5.73. The lowest BCUT2D eigenvalue weighted by atomic mass is 10.2. The van der Waals surface area contributed by atoms with Crippen LogP contribution in [0, 0.1) is 0 Å². The molecule has 1 aromatic carbocycles. The minimum absolute atomic E-state index is 0.568. The van der Waals surface area contributed by atoms with Gasteiger partial charge in [0, 0.05) is 16.0 Å². The molecule has 1 aliphatic heterocycles. The smallest absolute Gasteiger partial charge is 0.187 e. The van der Waals surface area contributed by atoms with Crippen LogP contribution in [0.2, 0.25) is 5.02 Å². The molecule has 3 nitrogen and oxygen atoms in total. The Labute approximate surface area is 148 Å². The van der Waals surface area contributed by atoms with E-state index in [-0.39, 0.29) is 0 Å². The van der Waals surface area contributed by atoms with Gasteiger partial charge < -0.3 is 9.47 Å². The summed E-state index contributed by atoms with van der Waals surface area (Å²) in [6.45, 7) is 1.15. The summed E-state index contributed by atoms with van der Waals surface area (Å²) in [7, 11) is 0. The third-order valence-corrected chi connectivity index (χ3v) is 6.23. The molecule has 0 unspecified atom stereocenters. The van der Waals surface area contributed by atoms with E-state index in [9.17, 15) is 0 Å². The first-order chi connectivity index (χ1) is 10.7. The second-order valence-electron chi connectivity index (χ2n) is 4.60. The predicted molar refractivity (Wildman–Crippen MR) is 94.6 cm³/mol. The maximum absolute atomic E-state index is 5.93. The Balaban J connectivity index is 1.74. The highest BCUT2D eigenvalue weighted by atomic mass is 79.9. The quantitative estimate of drug-likeness (QED) is 0.537. The fourth-order valence-corrected chi connectivity index (χ4v) is 4.93. The van der Waals surface area contributed by atoms with Gasteiger partial charge in [-0.3, -0.25) is 0 Å². The molecule has 0 fully saturated rings. The average Bonchev–Trinajstić information content (AvgIpc) is 3.14. The van der Waals surface area contributed by atoms with E-state index in [2.05, 4.69) is 15.9 Å². The lowest BCUT2D eigenvalue weighted by Gasteiger charge is -2.15. The van der Waals surface area contributed by atoms with Crippen molar-refractivity contribution in [3.63, 3.8) is 0 Å². The Morgan fingerprint density at radius 3 is 2.59 bits per heavy atom. The minimum atomic E-state index is 0.568. The van der Waals surface area contributed by atoms with Crippen molar-refractivity contribution in [2.45, 2.75) is 0 Å². The second-order valence-corrected chi connectivity index (χ2v) is 8.24. The monoisotopic (exact) mass is 413 g/mol. The molecule has 0 saturated heterocycles. The Morgan fingerprint density at radius 2 is 1.82 bits per heavy atom. The zero-order valence-corrected chi connectivity index (χ0v) is 15.1. The molecule has 3 aromatic rings. The fourth-order valence-electron chi connectivity index (χ4n) is 2.19. The van der Waals surface area contributed by atoms with Gasteiger partial charge in [0.2, 0.25) is 0 Å². The van der Waals surface area contributed by atoms with E-state index in [1.54, 1.807) is 22.7 Å². The number of fused-ring (bicyclic) bond motifs is 1. The highest BCUT2D eigenvalue weighted by Crippen LogP contribution is 2.52. The number of hydrogen-bond donors (Lipinski definition) is 0. The molecule has 0 N–H and O–H groups in total. The van der Waals surface area contributed by atoms with Gasteiger partial charge in [-0.1, -0.05) is 23.7 Å². The van der Waals surface area contributed by atoms with Crippen molar-refractivity contribution in [2.24, 2.45) is 0 Å². The lowest BCUT2D eigenvalue weighted by Crippen LogP contribution is -2.14. The standard InChI is InChI=1S/C15H9BrClNO2S2/c16-14-12-11(19-5-6-20-12)13(22-14)15-18-10(7-21-15)8-1-3-9(17)4-2-8/h1-4,7H,5-6H2. The number of thiophene rings is 1. The summed E-state index contributed by atoms with van der Waals surface area (Å²) < 4.78 is 12.4. The summed E-state index contributed by atoms with van der Waals surface area (Å²) in [5.74, 6) is 1.58. The first-order valence-electron chi connectivity index (χ1n) is 6.52. The summed E-state index contributed by atoms with van der Waals surface area (Å²) in [4.78, 5) is 5.74. The average molecular weight is 415 g/mol. The Morgan fingerprint density at radius 1 is 1.09 bits per heavy atom. The van der Waals surface area contributed by atoms with Crippen LogP contribution in [0.15, 0.2) is 33.4 Å². The molecule has 0 aliphatic carbocycles. The number of halogens is 2. The van der Waals surface area contributed by atoms with Gasteiger partial charge in [-0.15, -0.1) is 22.7 Å². The molecule has 4 rings (SSSR count). The van der Waals surface area contributed by atoms with Crippen LogP contribution in [0.4, 0.5) is 0 Å². The number of hydrogen-bond acceptors (Lipinski definition) is 5. The van der Waals surface area contributed by atoms with Crippen LogP contribution in [0.25, 0.3) is 21.1 Å². The molecule has 0 amide bonds. The summed E-state index contributed by atoms with van der Waals surface area (Å²) in [5, 5.41) is 3.70. The van der Waals surface area contributed by atoms with Crippen molar-refractivity contribution in [3.05, 3.63) is 38.5 Å². The Kier molecular flexibility index (Phi) is 3.86. The van der Waals surface area contributed by atoms with Crippen molar-refractivity contribution in [2.75, 3.05) is 13.2 Å². The number of rotatable bonds is 2. The normalized spacial score (nSPS) is 13.4. The first kappa shape index (κ1) is 14.5. The molecule has 22 heavy (non-hydrogen) atoms. The molecule has 2 aromatic heterocycles. The molecule has 7 heteroatoms. The van der Waals surface area contributed by atoms with Gasteiger partial charge in [0.05, 0.1) is 5.69 Å². The van der Waals surface area contributed by atoms with Gasteiger partial charge in [-0.2, -0.15) is 0 Å². The topological polar surface area (TPSA) is 31.4 Å². The molecular weight excluding hydrogens is 406 g/mol. The van der Waals surface area contributed by atoms with Gasteiger partial charge in [0.1, 0.15) is 26.9 Å². The maximum atomic E-state index is 5.93. The Bertz CT molecular complexity index is 829. The largest absolute Gasteiger partial charge is 0.484 e. The lowest BCUT2D eigenvalue weighted by molar-refractivity contribution is 0.173. The van der Waals surface area contributed by atoms with E-state index in [1.807, 2.05) is 29.6 Å². The molecule has 0 spiro atoms. The zero-order valence-electron chi connectivity index (χ0n) is 11.1. The number of ether oxygens (including phenoxy) is 2. The molecular formula is C15H9BrClNO2S2. The zero-order chi connectivity index (χ0) is 15.1. The second kappa shape index (κ2) is 5.85. The highest BCUT2D eigenvalue weighted by molar-refractivity contribution is 9.11. The van der Waals surface area contributed by atoms with Crippen molar-refractivity contribution in [1.29, 1.82) is 0 Å². The van der Waals surface area contributed by atoms with Crippen molar-refractivity contribution in [1.82, 2.24) is 4.98 Å². The molecule has 3 heterocycles. The number of aromatic nitrogens is 1. The van der Waals surface area contributed by atoms with Gasteiger partial charge in [-0.25, -0.2) is 4.98 Å². The SMILES string of the molecule is Clc1ccc(-c2csc(-c3sc(Br)c4c3OCCO4)n2)cc1. The summed E-state index contributed by atoms with van der Waals surface area (Å²) in [6.07, 6.45) is 0. The fraction of sp³-hybridized carbons (Fsp3) is 0.133. The summed E-state index contributed by atoms with van der Waals surface area (Å²) in [6, 6.07) is 7.69. The summed E-state index contributed by atoms with van der Waals surface area (Å²) in [5.41, 5.74) is 1.99. The molecule has 0 saturated carbocycles. The Hall–Kier alpha value is -1.08. The maximum Gasteiger partial charge on any atom is 0.187 e. The summed E-state index contributed by atoms with van der Waals surface area (Å²) >= 11 is 12.7. The van der Waals surface area contributed by atoms with Crippen molar-refractivity contribution >= 4 is 50.2 Å².